The van der Waals surface area contributed by atoms with Crippen molar-refractivity contribution in [3.63, 3.8) is 0 Å². The maximum atomic E-state index is 13.7. The Balaban J connectivity index is 0.986. The number of likely N-dealkylation sites (N-methyl/N-ethyl adjacent to an activating group) is 1. The number of ether oxygens (including phenoxy) is 1. The Labute approximate surface area is 333 Å². The van der Waals surface area contributed by atoms with Crippen molar-refractivity contribution in [3.05, 3.63) is 108 Å². The van der Waals surface area contributed by atoms with Crippen LogP contribution in [0.2, 0.25) is 0 Å². The Morgan fingerprint density at radius 2 is 1.54 bits per heavy atom. The predicted molar refractivity (Wildman–Crippen MR) is 223 cm³/mol. The molecule has 2 aromatic heterocycles. The van der Waals surface area contributed by atoms with Gasteiger partial charge in [0.05, 0.1) is 47.1 Å². The Kier molecular flexibility index (Phi) is 11.3. The normalized spacial score (nSPS) is 19.9. The van der Waals surface area contributed by atoms with Gasteiger partial charge in [0.2, 0.25) is 12.3 Å². The first-order valence-corrected chi connectivity index (χ1v) is 20.1. The molecule has 5 N–H and O–H groups in total. The second-order valence-electron chi connectivity index (χ2n) is 16.1. The van der Waals surface area contributed by atoms with E-state index in [1.807, 2.05) is 63.3 Å². The van der Waals surface area contributed by atoms with E-state index in [1.54, 1.807) is 0 Å². The van der Waals surface area contributed by atoms with Crippen molar-refractivity contribution >= 4 is 27.7 Å². The minimum absolute atomic E-state index is 0.00132. The topological polar surface area (TPSA) is 146 Å². The number of nitrogens with one attached hydrogen (secondary N) is 3. The number of imidazole rings is 2. The average molecular weight is 771 g/mol. The summed E-state index contributed by atoms with van der Waals surface area (Å²) < 4.78 is 4.98. The van der Waals surface area contributed by atoms with E-state index >= 15 is 0 Å². The van der Waals surface area contributed by atoms with Crippen molar-refractivity contribution < 1.29 is 19.7 Å². The molecule has 4 heterocycles. The number of aromatic nitrogens is 4. The molecule has 6 atom stereocenters. The van der Waals surface area contributed by atoms with Gasteiger partial charge in [-0.3, -0.25) is 19.9 Å². The predicted octanol–water partition coefficient (Wildman–Crippen LogP) is 6.73. The Morgan fingerprint density at radius 1 is 0.860 bits per heavy atom. The summed E-state index contributed by atoms with van der Waals surface area (Å²) >= 11 is 0. The molecule has 2 aliphatic rings. The molecule has 2 aliphatic heterocycles. The lowest BCUT2D eigenvalue weighted by Gasteiger charge is -2.37. The monoisotopic (exact) mass is 770 g/mol. The van der Waals surface area contributed by atoms with Gasteiger partial charge < -0.3 is 29.8 Å². The van der Waals surface area contributed by atoms with Crippen molar-refractivity contribution in [2.24, 2.45) is 5.92 Å². The molecule has 1 amide bonds. The van der Waals surface area contributed by atoms with Crippen molar-refractivity contribution in [3.8, 4) is 22.4 Å². The number of carbonyl (C=O) groups excluding carboxylic acids is 1. The summed E-state index contributed by atoms with van der Waals surface area (Å²) in [7, 11) is 5.44. The molecule has 57 heavy (non-hydrogen) atoms. The number of carbonyl (C=O) groups is 1. The van der Waals surface area contributed by atoms with Crippen molar-refractivity contribution in [1.82, 2.24) is 40.0 Å². The van der Waals surface area contributed by atoms with E-state index < -0.39 is 18.7 Å². The minimum Gasteiger partial charge on any atom is -0.376 e. The van der Waals surface area contributed by atoms with Crippen molar-refractivity contribution in [2.75, 3.05) is 34.3 Å². The number of aromatic amines is 2. The maximum absolute atomic E-state index is 13.7. The average Bonchev–Trinajstić information content (AvgIpc) is 4.05. The van der Waals surface area contributed by atoms with E-state index in [2.05, 4.69) is 85.7 Å². The number of likely N-dealkylation sites (tertiary alicyclic amines) is 2. The maximum Gasteiger partial charge on any atom is 0.240 e. The van der Waals surface area contributed by atoms with Gasteiger partial charge in [-0.15, -0.1) is 0 Å². The first kappa shape index (κ1) is 38.9. The van der Waals surface area contributed by atoms with Crippen LogP contribution in [0.1, 0.15) is 74.9 Å². The van der Waals surface area contributed by atoms with Gasteiger partial charge in [-0.25, -0.2) is 9.97 Å². The van der Waals surface area contributed by atoms with Crippen LogP contribution in [-0.4, -0.2) is 104 Å². The molecule has 0 saturated carbocycles. The molecule has 12 nitrogen and oxygen atoms in total. The molecule has 6 aromatic rings. The summed E-state index contributed by atoms with van der Waals surface area (Å²) in [6.45, 7) is 5.36. The third-order valence-electron chi connectivity index (χ3n) is 11.8. The van der Waals surface area contributed by atoms with Crippen LogP contribution in [-0.2, 0) is 9.53 Å². The van der Waals surface area contributed by atoms with E-state index in [9.17, 15) is 15.0 Å². The smallest absolute Gasteiger partial charge is 0.240 e. The second-order valence-corrected chi connectivity index (χ2v) is 16.1. The number of nitrogens with zero attached hydrogens (tertiary/aromatic N) is 5. The van der Waals surface area contributed by atoms with Crippen molar-refractivity contribution in [1.29, 1.82) is 0 Å². The molecule has 2 fully saturated rings. The van der Waals surface area contributed by atoms with Crippen LogP contribution in [0.3, 0.4) is 0 Å². The van der Waals surface area contributed by atoms with Crippen LogP contribution in [0.4, 0.5) is 0 Å². The largest absolute Gasteiger partial charge is 0.376 e. The molecule has 0 aliphatic carbocycles. The molecule has 0 bridgehead atoms. The number of benzene rings is 4. The van der Waals surface area contributed by atoms with Gasteiger partial charge in [-0.05, 0) is 97.4 Å². The van der Waals surface area contributed by atoms with Crippen LogP contribution in [0.5, 0.6) is 0 Å². The zero-order valence-electron chi connectivity index (χ0n) is 33.4. The number of H-pyrrole nitrogens is 2. The fourth-order valence-corrected chi connectivity index (χ4v) is 8.84. The van der Waals surface area contributed by atoms with Gasteiger partial charge in [0.25, 0.3) is 0 Å². The summed E-state index contributed by atoms with van der Waals surface area (Å²) in [5.41, 5.74) is 7.06. The zero-order valence-corrected chi connectivity index (χ0v) is 33.4. The van der Waals surface area contributed by atoms with Gasteiger partial charge in [0.1, 0.15) is 17.9 Å². The van der Waals surface area contributed by atoms with Gasteiger partial charge >= 0.3 is 0 Å². The first-order valence-electron chi connectivity index (χ1n) is 20.1. The zero-order chi connectivity index (χ0) is 39.8. The van der Waals surface area contributed by atoms with Gasteiger partial charge in [0.15, 0.2) is 0 Å². The number of fused-ring (bicyclic) bond motifs is 2. The quantitative estimate of drug-likeness (QED) is 0.0808. The fourth-order valence-electron chi connectivity index (χ4n) is 8.84. The summed E-state index contributed by atoms with van der Waals surface area (Å²) in [6.07, 6.45) is 3.65. The van der Waals surface area contributed by atoms with Crippen molar-refractivity contribution in [2.45, 2.75) is 76.3 Å². The number of aliphatic hydroxyl groups is 2. The Bertz CT molecular complexity index is 2320. The van der Waals surface area contributed by atoms with Gasteiger partial charge in [0, 0.05) is 25.8 Å². The lowest BCUT2D eigenvalue weighted by molar-refractivity contribution is -0.145. The molecule has 0 radical (unpaired) electrons. The third kappa shape index (κ3) is 7.85. The molecule has 12 heteroatoms. The SMILES string of the molecule is COC(O)N[C@H](C(=O)N1CCC[C@H]1c1nc2ccc(-c3ccc4cc(-c5cnc([C@@H]6CCCN6C(O)[C@@H](c6ccccc6)N(C)C)[nH]5)ccc4c3)cc2[nH]1)C(C)C. The highest BCUT2D eigenvalue weighted by Crippen LogP contribution is 2.38. The number of rotatable bonds is 13. The lowest BCUT2D eigenvalue weighted by Crippen LogP contribution is -2.52. The van der Waals surface area contributed by atoms with Crippen LogP contribution < -0.4 is 5.32 Å². The summed E-state index contributed by atoms with van der Waals surface area (Å²) in [5, 5.41) is 26.9. The number of methoxy groups -OCH3 is 1. The Hall–Kier alpha value is -4.95. The highest BCUT2D eigenvalue weighted by molar-refractivity contribution is 5.92. The number of hydrogen-bond donors (Lipinski definition) is 5. The fraction of sp³-hybridized carbons (Fsp3) is 0.400. The summed E-state index contributed by atoms with van der Waals surface area (Å²) in [4.78, 5) is 36.8. The summed E-state index contributed by atoms with van der Waals surface area (Å²) in [5.74, 6) is 1.55. The second kappa shape index (κ2) is 16.5. The summed E-state index contributed by atoms with van der Waals surface area (Å²) in [6, 6.07) is 28.6. The molecule has 298 valence electrons. The number of aliphatic hydroxyl groups excluding tert-OH is 2. The molecule has 2 saturated heterocycles. The molecule has 2 unspecified atom stereocenters. The minimum atomic E-state index is -1.22. The highest BCUT2D eigenvalue weighted by atomic mass is 16.6. The van der Waals surface area contributed by atoms with E-state index in [-0.39, 0.29) is 30.0 Å². The standard InChI is InChI=1S/C45H54N8O4/c1-27(2)39(50-45(56)57-5)43(54)52-21-10-14-38(52)42-47-34-20-19-32(25-35(34)48-42)30-15-16-31-24-33(18-17-29(31)23-30)36-26-46-41(49-36)37-13-9-22-53(37)44(55)40(51(3)4)28-11-7-6-8-12-28/h6-8,11-12,15-20,23-27,37-40,44-45,50,55-56H,9-10,13-14,21-22H2,1-5H3,(H,46,49)(H,47,48)/t37-,38-,39-,40+,44?,45?/m0/s1. The molecule has 4 aromatic carbocycles. The van der Waals surface area contributed by atoms with Crippen LogP contribution >= 0.6 is 0 Å². The Morgan fingerprint density at radius 3 is 2.28 bits per heavy atom. The molecular weight excluding hydrogens is 717 g/mol. The lowest BCUT2D eigenvalue weighted by atomic mass is 9.99. The van der Waals surface area contributed by atoms with Gasteiger partial charge in [-0.2, -0.15) is 0 Å². The van der Waals surface area contributed by atoms with Crippen LogP contribution in [0.15, 0.2) is 91.1 Å². The molecular formula is C45H54N8O4. The van der Waals surface area contributed by atoms with Crippen LogP contribution in [0.25, 0.3) is 44.2 Å². The van der Waals surface area contributed by atoms with E-state index in [0.717, 1.165) is 93.6 Å². The van der Waals surface area contributed by atoms with Gasteiger partial charge in [-0.1, -0.05) is 74.5 Å². The van der Waals surface area contributed by atoms with E-state index in [0.29, 0.717) is 6.54 Å². The first-order chi connectivity index (χ1) is 27.6. The number of hydrogen-bond acceptors (Lipinski definition) is 9. The molecule has 0 spiro atoms. The van der Waals surface area contributed by atoms with E-state index in [4.69, 9.17) is 14.7 Å². The number of amides is 1. The molecule has 8 rings (SSSR count). The third-order valence-corrected chi connectivity index (χ3v) is 11.8. The highest BCUT2D eigenvalue weighted by Gasteiger charge is 2.39. The van der Waals surface area contributed by atoms with Crippen LogP contribution in [0, 0.1) is 5.92 Å². The van der Waals surface area contributed by atoms with E-state index in [1.165, 1.54) is 7.11 Å².